The number of nitrogens with one attached hydrogen (secondary N) is 2. The van der Waals surface area contributed by atoms with Crippen LogP contribution in [-0.2, 0) is 4.74 Å². The fraction of sp³-hybridized carbons (Fsp3) is 0.611. The minimum atomic E-state index is -0.141. The number of rotatable bonds is 6. The van der Waals surface area contributed by atoms with Gasteiger partial charge in [0.05, 0.1) is 11.6 Å². The first-order valence-corrected chi connectivity index (χ1v) is 9.04. The first-order valence-electron chi connectivity index (χ1n) is 8.66. The monoisotopic (exact) mass is 350 g/mol. The summed E-state index contributed by atoms with van der Waals surface area (Å²) in [6.07, 6.45) is 4.09. The van der Waals surface area contributed by atoms with Crippen molar-refractivity contribution in [1.29, 1.82) is 0 Å². The second-order valence-electron chi connectivity index (χ2n) is 7.10. The van der Waals surface area contributed by atoms with Gasteiger partial charge >= 0.3 is 6.03 Å². The number of hydrogen-bond donors (Lipinski definition) is 2. The molecule has 0 saturated heterocycles. The molecule has 24 heavy (non-hydrogen) atoms. The Morgan fingerprint density at radius 2 is 2.00 bits per heavy atom. The lowest BCUT2D eigenvalue weighted by Gasteiger charge is -2.13. The smallest absolute Gasteiger partial charge is 0.319 e. The van der Waals surface area contributed by atoms with Crippen molar-refractivity contribution >= 4 is 23.3 Å². The number of carbonyl (C=O) groups excluding carboxylic acids is 1. The quantitative estimate of drug-likeness (QED) is 0.771. The van der Waals surface area contributed by atoms with Crippen LogP contribution in [0, 0.1) is 23.7 Å². The van der Waals surface area contributed by atoms with E-state index in [1.807, 2.05) is 0 Å². The maximum atomic E-state index is 12.2. The van der Waals surface area contributed by atoms with Gasteiger partial charge in [-0.15, -0.1) is 0 Å². The Kier molecular flexibility index (Phi) is 4.31. The molecule has 0 aromatic heterocycles. The van der Waals surface area contributed by atoms with Gasteiger partial charge in [0.25, 0.3) is 0 Å². The zero-order valence-electron chi connectivity index (χ0n) is 13.8. The van der Waals surface area contributed by atoms with E-state index < -0.39 is 0 Å². The summed E-state index contributed by atoms with van der Waals surface area (Å²) in [6, 6.07) is 5.51. The van der Waals surface area contributed by atoms with Crippen molar-refractivity contribution in [3.05, 3.63) is 23.2 Å². The molecule has 2 bridgehead atoms. The van der Waals surface area contributed by atoms with Crippen LogP contribution >= 0.6 is 11.6 Å². The number of hydrogen-bond acceptors (Lipinski definition) is 3. The maximum absolute atomic E-state index is 12.2. The normalized spacial score (nSPS) is 32.3. The predicted octanol–water partition coefficient (Wildman–Crippen LogP) is 3.53. The molecule has 0 spiro atoms. The highest BCUT2D eigenvalue weighted by Gasteiger charge is 2.65. The van der Waals surface area contributed by atoms with Crippen molar-refractivity contribution in [3.8, 4) is 5.75 Å². The number of methoxy groups -OCH3 is 1. The zero-order valence-corrected chi connectivity index (χ0v) is 14.5. The van der Waals surface area contributed by atoms with E-state index in [4.69, 9.17) is 21.1 Å². The van der Waals surface area contributed by atoms with Gasteiger partial charge in [-0.25, -0.2) is 4.79 Å². The topological polar surface area (TPSA) is 59.6 Å². The summed E-state index contributed by atoms with van der Waals surface area (Å²) in [4.78, 5) is 12.2. The van der Waals surface area contributed by atoms with E-state index in [1.54, 1.807) is 25.3 Å². The van der Waals surface area contributed by atoms with E-state index in [9.17, 15) is 4.79 Å². The fourth-order valence-electron chi connectivity index (χ4n) is 4.77. The first kappa shape index (κ1) is 16.0. The SMILES string of the molecule is COCCOc1ccc(NC(=O)NC2[C@@H]3[C@H]4CC[C@@H](C4)[C@@H]23)cc1Cl. The van der Waals surface area contributed by atoms with E-state index in [2.05, 4.69) is 10.6 Å². The van der Waals surface area contributed by atoms with Gasteiger partial charge in [0.2, 0.25) is 0 Å². The van der Waals surface area contributed by atoms with E-state index in [1.165, 1.54) is 19.3 Å². The van der Waals surface area contributed by atoms with Gasteiger partial charge in [-0.05, 0) is 61.1 Å². The van der Waals surface area contributed by atoms with Gasteiger partial charge in [0.1, 0.15) is 12.4 Å². The molecule has 1 aromatic carbocycles. The molecule has 2 N–H and O–H groups in total. The van der Waals surface area contributed by atoms with Gasteiger partial charge in [0, 0.05) is 18.8 Å². The molecule has 3 saturated carbocycles. The zero-order chi connectivity index (χ0) is 16.7. The molecule has 2 amide bonds. The number of fused-ring (bicyclic) bond motifs is 5. The minimum Gasteiger partial charge on any atom is -0.490 e. The molecule has 0 heterocycles. The van der Waals surface area contributed by atoms with Crippen molar-refractivity contribution in [1.82, 2.24) is 5.32 Å². The molecule has 5 nitrogen and oxygen atoms in total. The van der Waals surface area contributed by atoms with Crippen LogP contribution in [0.25, 0.3) is 0 Å². The van der Waals surface area contributed by atoms with Crippen LogP contribution in [-0.4, -0.2) is 32.4 Å². The average molecular weight is 351 g/mol. The van der Waals surface area contributed by atoms with Gasteiger partial charge in [-0.2, -0.15) is 0 Å². The summed E-state index contributed by atoms with van der Waals surface area (Å²) >= 11 is 6.20. The Morgan fingerprint density at radius 1 is 1.25 bits per heavy atom. The van der Waals surface area contributed by atoms with Crippen molar-refractivity contribution in [3.63, 3.8) is 0 Å². The summed E-state index contributed by atoms with van der Waals surface area (Å²) in [5, 5.41) is 6.49. The highest BCUT2D eigenvalue weighted by atomic mass is 35.5. The molecule has 4 atom stereocenters. The first-order chi connectivity index (χ1) is 11.7. The number of benzene rings is 1. The second kappa shape index (κ2) is 6.45. The molecule has 3 fully saturated rings. The summed E-state index contributed by atoms with van der Waals surface area (Å²) in [7, 11) is 1.62. The van der Waals surface area contributed by atoms with Gasteiger partial charge < -0.3 is 20.1 Å². The standard InChI is InChI=1S/C18H23ClN2O3/c1-23-6-7-24-14-5-4-12(9-13(14)19)20-18(22)21-17-15-10-2-3-11(8-10)16(15)17/h4-5,9-11,15-17H,2-3,6-8H2,1H3,(H2,20,21,22)/t10-,11-,15+,16+/m0/s1. The maximum Gasteiger partial charge on any atom is 0.319 e. The molecule has 4 rings (SSSR count). The van der Waals surface area contributed by atoms with Crippen LogP contribution in [0.5, 0.6) is 5.75 Å². The van der Waals surface area contributed by atoms with Crippen LogP contribution in [0.15, 0.2) is 18.2 Å². The number of urea groups is 1. The predicted molar refractivity (Wildman–Crippen MR) is 92.6 cm³/mol. The molecule has 0 aliphatic heterocycles. The van der Waals surface area contributed by atoms with Crippen molar-refractivity contribution < 1.29 is 14.3 Å². The average Bonchev–Trinajstić information content (AvgIpc) is 2.93. The Hall–Kier alpha value is -1.46. The Morgan fingerprint density at radius 3 is 2.67 bits per heavy atom. The van der Waals surface area contributed by atoms with E-state index in [0.717, 1.165) is 23.7 Å². The lowest BCUT2D eigenvalue weighted by molar-refractivity contribution is 0.146. The van der Waals surface area contributed by atoms with Crippen molar-refractivity contribution in [2.24, 2.45) is 23.7 Å². The van der Waals surface area contributed by atoms with Crippen molar-refractivity contribution in [2.75, 3.05) is 25.6 Å². The summed E-state index contributed by atoms with van der Waals surface area (Å²) in [5.74, 6) is 3.75. The molecular weight excluding hydrogens is 328 g/mol. The van der Waals surface area contributed by atoms with Crippen LogP contribution < -0.4 is 15.4 Å². The minimum absolute atomic E-state index is 0.141. The summed E-state index contributed by atoms with van der Waals surface area (Å²) in [6.45, 7) is 0.945. The highest BCUT2D eigenvalue weighted by Crippen LogP contribution is 2.65. The summed E-state index contributed by atoms with van der Waals surface area (Å²) in [5.41, 5.74) is 0.672. The largest absolute Gasteiger partial charge is 0.490 e. The number of carbonyl (C=O) groups is 1. The molecule has 130 valence electrons. The second-order valence-corrected chi connectivity index (χ2v) is 7.51. The molecule has 3 aliphatic rings. The Balaban J connectivity index is 1.29. The Bertz CT molecular complexity index is 623. The van der Waals surface area contributed by atoms with Crippen LogP contribution in [0.1, 0.15) is 19.3 Å². The third-order valence-corrected chi connectivity index (χ3v) is 6.06. The third kappa shape index (κ3) is 2.95. The van der Waals surface area contributed by atoms with Crippen molar-refractivity contribution in [2.45, 2.75) is 25.3 Å². The number of halogens is 1. The molecule has 3 aliphatic carbocycles. The Labute approximate surface area is 147 Å². The number of amides is 2. The van der Waals surface area contributed by atoms with E-state index in [-0.39, 0.29) is 6.03 Å². The summed E-state index contributed by atoms with van der Waals surface area (Å²) < 4.78 is 10.4. The van der Waals surface area contributed by atoms with E-state index >= 15 is 0 Å². The highest BCUT2D eigenvalue weighted by molar-refractivity contribution is 6.32. The van der Waals surface area contributed by atoms with Gasteiger partial charge in [-0.1, -0.05) is 11.6 Å². The van der Waals surface area contributed by atoms with Crippen LogP contribution in [0.2, 0.25) is 5.02 Å². The number of ether oxygens (including phenoxy) is 2. The van der Waals surface area contributed by atoms with Crippen LogP contribution in [0.3, 0.4) is 0 Å². The van der Waals surface area contributed by atoms with Gasteiger partial charge in [0.15, 0.2) is 0 Å². The number of anilines is 1. The molecular formula is C18H23ClN2O3. The molecule has 0 radical (unpaired) electrons. The molecule has 1 aromatic rings. The van der Waals surface area contributed by atoms with Crippen LogP contribution in [0.4, 0.5) is 10.5 Å². The molecule has 0 unspecified atom stereocenters. The fourth-order valence-corrected chi connectivity index (χ4v) is 5.00. The lowest BCUT2D eigenvalue weighted by atomic mass is 10.0. The lowest BCUT2D eigenvalue weighted by Crippen LogP contribution is -2.33. The molecule has 6 heteroatoms. The van der Waals surface area contributed by atoms with Gasteiger partial charge in [-0.3, -0.25) is 0 Å². The third-order valence-electron chi connectivity index (χ3n) is 5.77. The van der Waals surface area contributed by atoms with E-state index in [0.29, 0.717) is 35.7 Å².